The van der Waals surface area contributed by atoms with Crippen LogP contribution in [-0.2, 0) is 9.59 Å². The number of hydrogen-bond donors (Lipinski definition) is 2. The van der Waals surface area contributed by atoms with E-state index < -0.39 is 5.97 Å². The summed E-state index contributed by atoms with van der Waals surface area (Å²) in [5.41, 5.74) is 0. The monoisotopic (exact) mass is 185 g/mol. The van der Waals surface area contributed by atoms with E-state index in [0.29, 0.717) is 13.0 Å². The van der Waals surface area contributed by atoms with E-state index in [4.69, 9.17) is 5.11 Å². The van der Waals surface area contributed by atoms with Crippen LogP contribution < -0.4 is 5.32 Å². The van der Waals surface area contributed by atoms with Gasteiger partial charge < -0.3 is 10.4 Å². The lowest BCUT2D eigenvalue weighted by Gasteiger charge is -2.06. The van der Waals surface area contributed by atoms with Crippen molar-refractivity contribution < 1.29 is 14.7 Å². The third-order valence-corrected chi connectivity index (χ3v) is 2.25. The summed E-state index contributed by atoms with van der Waals surface area (Å²) in [5, 5.41) is 11.3. The van der Waals surface area contributed by atoms with E-state index >= 15 is 0 Å². The molecule has 1 aliphatic rings. The first-order valence-electron chi connectivity index (χ1n) is 4.61. The van der Waals surface area contributed by atoms with Gasteiger partial charge in [-0.1, -0.05) is 6.92 Å². The first-order chi connectivity index (χ1) is 6.11. The summed E-state index contributed by atoms with van der Waals surface area (Å²) in [6.07, 6.45) is 2.48. The molecule has 2 N–H and O–H groups in total. The molecule has 0 bridgehead atoms. The highest BCUT2D eigenvalue weighted by Crippen LogP contribution is 2.28. The third-order valence-electron chi connectivity index (χ3n) is 2.25. The van der Waals surface area contributed by atoms with Gasteiger partial charge in [0, 0.05) is 12.5 Å². The summed E-state index contributed by atoms with van der Waals surface area (Å²) in [6, 6.07) is 0. The van der Waals surface area contributed by atoms with Crippen molar-refractivity contribution in [2.45, 2.75) is 26.2 Å². The smallest absolute Gasteiger partial charge is 0.306 e. The molecule has 1 rings (SSSR count). The molecule has 0 aliphatic heterocycles. The Balaban J connectivity index is 2.05. The van der Waals surface area contributed by atoms with Crippen molar-refractivity contribution in [3.05, 3.63) is 0 Å². The summed E-state index contributed by atoms with van der Waals surface area (Å²) in [5.74, 6) is -0.891. The Hall–Kier alpha value is -1.06. The Morgan fingerprint density at radius 3 is 2.62 bits per heavy atom. The molecule has 1 amide bonds. The van der Waals surface area contributed by atoms with Gasteiger partial charge in [-0.3, -0.25) is 9.59 Å². The quantitative estimate of drug-likeness (QED) is 0.660. The van der Waals surface area contributed by atoms with Crippen molar-refractivity contribution in [3.63, 3.8) is 0 Å². The lowest BCUT2D eigenvalue weighted by atomic mass is 10.1. The minimum Gasteiger partial charge on any atom is -0.481 e. The van der Waals surface area contributed by atoms with Crippen molar-refractivity contribution in [2.75, 3.05) is 6.54 Å². The van der Waals surface area contributed by atoms with Crippen LogP contribution in [0.2, 0.25) is 0 Å². The van der Waals surface area contributed by atoms with Crippen molar-refractivity contribution in [1.82, 2.24) is 5.32 Å². The number of amides is 1. The van der Waals surface area contributed by atoms with E-state index in [0.717, 1.165) is 12.8 Å². The number of carbonyl (C=O) groups is 2. The van der Waals surface area contributed by atoms with Crippen molar-refractivity contribution in [3.8, 4) is 0 Å². The standard InChI is InChI=1S/C9H15NO3/c1-6(9(12)13)4-5-10-8(11)7-2-3-7/h6-7H,2-5H2,1H3,(H,10,11)(H,12,13). The third kappa shape index (κ3) is 3.44. The molecule has 0 radical (unpaired) electrons. The summed E-state index contributed by atoms with van der Waals surface area (Å²) < 4.78 is 0. The molecule has 0 aromatic rings. The Morgan fingerprint density at radius 2 is 2.15 bits per heavy atom. The van der Waals surface area contributed by atoms with Crippen LogP contribution in [0.3, 0.4) is 0 Å². The summed E-state index contributed by atoms with van der Waals surface area (Å²) in [6.45, 7) is 2.12. The molecule has 4 nitrogen and oxygen atoms in total. The fraction of sp³-hybridized carbons (Fsp3) is 0.778. The van der Waals surface area contributed by atoms with Gasteiger partial charge in [-0.2, -0.15) is 0 Å². The normalized spacial score (nSPS) is 17.9. The molecule has 1 aliphatic carbocycles. The summed E-state index contributed by atoms with van der Waals surface area (Å²) in [4.78, 5) is 21.5. The second kappa shape index (κ2) is 4.25. The minimum absolute atomic E-state index is 0.0811. The van der Waals surface area contributed by atoms with E-state index in [-0.39, 0.29) is 17.7 Å². The van der Waals surface area contributed by atoms with Crippen LogP contribution in [0.15, 0.2) is 0 Å². The lowest BCUT2D eigenvalue weighted by molar-refractivity contribution is -0.141. The van der Waals surface area contributed by atoms with Gasteiger partial charge in [0.15, 0.2) is 0 Å². The van der Waals surface area contributed by atoms with E-state index in [1.165, 1.54) is 0 Å². The summed E-state index contributed by atoms with van der Waals surface area (Å²) in [7, 11) is 0. The molecule has 1 fully saturated rings. The van der Waals surface area contributed by atoms with Crippen LogP contribution >= 0.6 is 0 Å². The maximum Gasteiger partial charge on any atom is 0.306 e. The fourth-order valence-corrected chi connectivity index (χ4v) is 1.03. The number of carboxylic acids is 1. The molecule has 0 heterocycles. The van der Waals surface area contributed by atoms with E-state index in [9.17, 15) is 9.59 Å². The summed E-state index contributed by atoms with van der Waals surface area (Å²) >= 11 is 0. The van der Waals surface area contributed by atoms with Crippen molar-refractivity contribution >= 4 is 11.9 Å². The predicted octanol–water partition coefficient (Wildman–Crippen LogP) is 0.623. The maximum atomic E-state index is 11.1. The van der Waals surface area contributed by atoms with Gasteiger partial charge in [-0.15, -0.1) is 0 Å². The molecule has 0 aromatic carbocycles. The Bertz CT molecular complexity index is 211. The van der Waals surface area contributed by atoms with E-state index in [2.05, 4.69) is 5.32 Å². The van der Waals surface area contributed by atoms with Gasteiger partial charge in [0.2, 0.25) is 5.91 Å². The lowest BCUT2D eigenvalue weighted by Crippen LogP contribution is -2.28. The average molecular weight is 185 g/mol. The highest BCUT2D eigenvalue weighted by atomic mass is 16.4. The highest BCUT2D eigenvalue weighted by Gasteiger charge is 2.29. The zero-order valence-corrected chi connectivity index (χ0v) is 7.75. The van der Waals surface area contributed by atoms with Crippen LogP contribution in [0.5, 0.6) is 0 Å². The van der Waals surface area contributed by atoms with Crippen LogP contribution in [0.4, 0.5) is 0 Å². The number of carboxylic acid groups (broad SMARTS) is 1. The molecule has 1 saturated carbocycles. The van der Waals surface area contributed by atoms with Gasteiger partial charge >= 0.3 is 5.97 Å². The predicted molar refractivity (Wildman–Crippen MR) is 47.2 cm³/mol. The minimum atomic E-state index is -0.805. The second-order valence-electron chi connectivity index (χ2n) is 3.59. The van der Waals surface area contributed by atoms with Crippen molar-refractivity contribution in [1.29, 1.82) is 0 Å². The van der Waals surface area contributed by atoms with Crippen LogP contribution in [0.25, 0.3) is 0 Å². The van der Waals surface area contributed by atoms with Gasteiger partial charge in [0.1, 0.15) is 0 Å². The first kappa shape index (κ1) is 10.0. The fourth-order valence-electron chi connectivity index (χ4n) is 1.03. The van der Waals surface area contributed by atoms with Gasteiger partial charge in [-0.05, 0) is 19.3 Å². The molecule has 0 saturated heterocycles. The van der Waals surface area contributed by atoms with Crippen LogP contribution in [-0.4, -0.2) is 23.5 Å². The molecule has 74 valence electrons. The molecule has 1 unspecified atom stereocenters. The number of carbonyl (C=O) groups excluding carboxylic acids is 1. The molecular weight excluding hydrogens is 170 g/mol. The number of hydrogen-bond acceptors (Lipinski definition) is 2. The average Bonchev–Trinajstić information content (AvgIpc) is 2.85. The Morgan fingerprint density at radius 1 is 1.54 bits per heavy atom. The number of rotatable bonds is 5. The van der Waals surface area contributed by atoms with Gasteiger partial charge in [0.05, 0.1) is 5.92 Å². The first-order valence-corrected chi connectivity index (χ1v) is 4.61. The van der Waals surface area contributed by atoms with E-state index in [1.807, 2.05) is 0 Å². The van der Waals surface area contributed by atoms with Crippen molar-refractivity contribution in [2.24, 2.45) is 11.8 Å². The van der Waals surface area contributed by atoms with E-state index in [1.54, 1.807) is 6.92 Å². The second-order valence-corrected chi connectivity index (χ2v) is 3.59. The molecule has 4 heteroatoms. The Kier molecular flexibility index (Phi) is 3.28. The van der Waals surface area contributed by atoms with Gasteiger partial charge in [0.25, 0.3) is 0 Å². The maximum absolute atomic E-state index is 11.1. The molecular formula is C9H15NO3. The van der Waals surface area contributed by atoms with Crippen LogP contribution in [0, 0.1) is 11.8 Å². The highest BCUT2D eigenvalue weighted by molar-refractivity contribution is 5.80. The molecule has 1 atom stereocenters. The number of nitrogens with one attached hydrogen (secondary N) is 1. The van der Waals surface area contributed by atoms with Crippen LogP contribution in [0.1, 0.15) is 26.2 Å². The molecule has 0 spiro atoms. The SMILES string of the molecule is CC(CCNC(=O)C1CC1)C(=O)O. The van der Waals surface area contributed by atoms with Gasteiger partial charge in [-0.25, -0.2) is 0 Å². The molecule has 0 aromatic heterocycles. The molecule has 13 heavy (non-hydrogen) atoms. The largest absolute Gasteiger partial charge is 0.481 e. The number of aliphatic carboxylic acids is 1. The Labute approximate surface area is 77.3 Å². The zero-order chi connectivity index (χ0) is 9.84. The topological polar surface area (TPSA) is 66.4 Å². The zero-order valence-electron chi connectivity index (χ0n) is 7.75.